The van der Waals surface area contributed by atoms with Crippen molar-refractivity contribution in [3.05, 3.63) is 47.9 Å². The van der Waals surface area contributed by atoms with Gasteiger partial charge < -0.3 is 25.1 Å². The zero-order valence-electron chi connectivity index (χ0n) is 15.4. The molecule has 8 heteroatoms. The maximum Gasteiger partial charge on any atom is 0.341 e. The van der Waals surface area contributed by atoms with Gasteiger partial charge in [-0.3, -0.25) is 4.90 Å². The number of carbonyl (C=O) groups excluding carboxylic acids is 1. The minimum absolute atomic E-state index is 0.0790. The lowest BCUT2D eigenvalue weighted by Gasteiger charge is -2.39. The van der Waals surface area contributed by atoms with Gasteiger partial charge in [0.2, 0.25) is 0 Å². The van der Waals surface area contributed by atoms with Crippen LogP contribution in [-0.2, 0) is 0 Å². The van der Waals surface area contributed by atoms with Crippen molar-refractivity contribution in [2.45, 2.75) is 20.0 Å². The van der Waals surface area contributed by atoms with Crippen LogP contribution >= 0.6 is 0 Å². The summed E-state index contributed by atoms with van der Waals surface area (Å²) < 4.78 is 4.85. The average Bonchev–Trinajstić information content (AvgIpc) is 3.10. The van der Waals surface area contributed by atoms with Crippen LogP contribution in [-0.4, -0.2) is 54.4 Å². The Hall–Kier alpha value is -3.00. The van der Waals surface area contributed by atoms with Crippen molar-refractivity contribution < 1.29 is 19.1 Å². The molecule has 1 saturated heterocycles. The van der Waals surface area contributed by atoms with E-state index in [1.54, 1.807) is 0 Å². The van der Waals surface area contributed by atoms with Gasteiger partial charge in [-0.15, -0.1) is 0 Å². The van der Waals surface area contributed by atoms with E-state index in [2.05, 4.69) is 39.5 Å². The standard InChI is InChI=1S/C19H24N4O4/c1-13-5-3-4-6-17(13)23-9-7-22(8-10-23)14(2)20-19(26)21-16-12-27-11-15(16)18(24)25/h3-6,11-12,14H,7-10H2,1-2H3,(H,24,25)(H2,20,21,26). The number of nitrogens with zero attached hydrogens (tertiary/aromatic N) is 2. The van der Waals surface area contributed by atoms with Crippen molar-refractivity contribution in [1.29, 1.82) is 0 Å². The Morgan fingerprint density at radius 2 is 1.85 bits per heavy atom. The number of aromatic carboxylic acids is 1. The molecular formula is C19H24N4O4. The van der Waals surface area contributed by atoms with Crippen LogP contribution in [0.25, 0.3) is 0 Å². The summed E-state index contributed by atoms with van der Waals surface area (Å²) in [5.41, 5.74) is 2.56. The van der Waals surface area contributed by atoms with Crippen molar-refractivity contribution >= 4 is 23.4 Å². The molecule has 1 aliphatic heterocycles. The second kappa shape index (κ2) is 8.13. The molecule has 27 heavy (non-hydrogen) atoms. The van der Waals surface area contributed by atoms with E-state index in [9.17, 15) is 9.59 Å². The largest absolute Gasteiger partial charge is 0.477 e. The van der Waals surface area contributed by atoms with E-state index in [1.807, 2.05) is 19.1 Å². The first-order valence-electron chi connectivity index (χ1n) is 8.87. The van der Waals surface area contributed by atoms with Crippen LogP contribution in [0.15, 0.2) is 41.2 Å². The number of carboxylic acids is 1. The summed E-state index contributed by atoms with van der Waals surface area (Å²) in [6.45, 7) is 7.42. The Labute approximate surface area is 157 Å². The molecule has 3 rings (SSSR count). The van der Waals surface area contributed by atoms with Gasteiger partial charge in [-0.25, -0.2) is 9.59 Å². The van der Waals surface area contributed by atoms with Gasteiger partial charge in [0, 0.05) is 31.9 Å². The number of amides is 2. The monoisotopic (exact) mass is 372 g/mol. The van der Waals surface area contributed by atoms with Crippen molar-refractivity contribution in [3.8, 4) is 0 Å². The molecule has 0 saturated carbocycles. The molecule has 1 unspecified atom stereocenters. The van der Waals surface area contributed by atoms with Crippen LogP contribution in [0.1, 0.15) is 22.8 Å². The number of anilines is 2. The first-order chi connectivity index (χ1) is 13.0. The Balaban J connectivity index is 1.51. The number of benzene rings is 1. The molecule has 2 heterocycles. The minimum atomic E-state index is -1.15. The van der Waals surface area contributed by atoms with Gasteiger partial charge in [0.1, 0.15) is 18.1 Å². The summed E-state index contributed by atoms with van der Waals surface area (Å²) in [6.07, 6.45) is 2.12. The molecule has 0 bridgehead atoms. The Kier molecular flexibility index (Phi) is 5.66. The number of piperazine rings is 1. The van der Waals surface area contributed by atoms with E-state index in [-0.39, 0.29) is 17.4 Å². The van der Waals surface area contributed by atoms with Crippen molar-refractivity contribution in [1.82, 2.24) is 10.2 Å². The topological polar surface area (TPSA) is 98.0 Å². The average molecular weight is 372 g/mol. The summed E-state index contributed by atoms with van der Waals surface area (Å²) in [5, 5.41) is 14.4. The molecule has 0 spiro atoms. The lowest BCUT2D eigenvalue weighted by atomic mass is 10.1. The number of carbonyl (C=O) groups is 2. The molecule has 3 N–H and O–H groups in total. The smallest absolute Gasteiger partial charge is 0.341 e. The first-order valence-corrected chi connectivity index (χ1v) is 8.87. The van der Waals surface area contributed by atoms with Crippen molar-refractivity contribution in [2.24, 2.45) is 0 Å². The Bertz CT molecular complexity index is 812. The molecule has 2 amide bonds. The van der Waals surface area contributed by atoms with Crippen LogP contribution < -0.4 is 15.5 Å². The van der Waals surface area contributed by atoms with E-state index in [4.69, 9.17) is 9.52 Å². The third-order valence-electron chi connectivity index (χ3n) is 4.80. The lowest BCUT2D eigenvalue weighted by Crippen LogP contribution is -2.55. The molecule has 1 aliphatic rings. The highest BCUT2D eigenvalue weighted by atomic mass is 16.4. The van der Waals surface area contributed by atoms with Gasteiger partial charge in [0.25, 0.3) is 0 Å². The number of rotatable bonds is 5. The number of nitrogens with one attached hydrogen (secondary N) is 2. The third kappa shape index (κ3) is 4.40. The van der Waals surface area contributed by atoms with Gasteiger partial charge in [0.15, 0.2) is 0 Å². The van der Waals surface area contributed by atoms with Crippen LogP contribution in [0.3, 0.4) is 0 Å². The van der Waals surface area contributed by atoms with Gasteiger partial charge in [-0.05, 0) is 25.5 Å². The molecule has 0 radical (unpaired) electrons. The molecule has 1 aromatic heterocycles. The molecular weight excluding hydrogens is 348 g/mol. The van der Waals surface area contributed by atoms with E-state index < -0.39 is 12.0 Å². The molecule has 0 aliphatic carbocycles. The van der Waals surface area contributed by atoms with Gasteiger partial charge in [-0.2, -0.15) is 0 Å². The SMILES string of the molecule is Cc1ccccc1N1CCN(C(C)NC(=O)Nc2cocc2C(=O)O)CC1. The molecule has 2 aromatic rings. The fraction of sp³-hybridized carbons (Fsp3) is 0.368. The highest BCUT2D eigenvalue weighted by Gasteiger charge is 2.23. The fourth-order valence-electron chi connectivity index (χ4n) is 3.27. The predicted molar refractivity (Wildman–Crippen MR) is 102 cm³/mol. The van der Waals surface area contributed by atoms with E-state index in [0.29, 0.717) is 0 Å². The van der Waals surface area contributed by atoms with E-state index in [1.165, 1.54) is 17.5 Å². The second-order valence-electron chi connectivity index (χ2n) is 6.59. The van der Waals surface area contributed by atoms with Crippen molar-refractivity contribution in [2.75, 3.05) is 36.4 Å². The summed E-state index contributed by atoms with van der Waals surface area (Å²) in [4.78, 5) is 27.8. The molecule has 1 atom stereocenters. The quantitative estimate of drug-likeness (QED) is 0.746. The number of para-hydroxylation sites is 1. The van der Waals surface area contributed by atoms with Gasteiger partial charge in [-0.1, -0.05) is 18.2 Å². The molecule has 1 fully saturated rings. The number of aryl methyl sites for hydroxylation is 1. The number of hydrogen-bond donors (Lipinski definition) is 3. The number of furan rings is 1. The maximum atomic E-state index is 12.2. The number of hydrogen-bond acceptors (Lipinski definition) is 5. The third-order valence-corrected chi connectivity index (χ3v) is 4.80. The number of urea groups is 1. The second-order valence-corrected chi connectivity index (χ2v) is 6.59. The minimum Gasteiger partial charge on any atom is -0.477 e. The van der Waals surface area contributed by atoms with Crippen LogP contribution in [0.4, 0.5) is 16.2 Å². The molecule has 144 valence electrons. The summed E-state index contributed by atoms with van der Waals surface area (Å²) in [5.74, 6) is -1.15. The van der Waals surface area contributed by atoms with Crippen molar-refractivity contribution in [3.63, 3.8) is 0 Å². The predicted octanol–water partition coefficient (Wildman–Crippen LogP) is 2.58. The highest BCUT2D eigenvalue weighted by molar-refractivity contribution is 5.99. The van der Waals surface area contributed by atoms with Crippen LogP contribution in [0, 0.1) is 6.92 Å². The fourth-order valence-corrected chi connectivity index (χ4v) is 3.27. The first kappa shape index (κ1) is 18.8. The normalized spacial score (nSPS) is 16.0. The van der Waals surface area contributed by atoms with Gasteiger partial charge >= 0.3 is 12.0 Å². The Morgan fingerprint density at radius 1 is 1.15 bits per heavy atom. The van der Waals surface area contributed by atoms with E-state index >= 15 is 0 Å². The van der Waals surface area contributed by atoms with Crippen LogP contribution in [0.5, 0.6) is 0 Å². The lowest BCUT2D eigenvalue weighted by molar-refractivity contribution is 0.0697. The van der Waals surface area contributed by atoms with E-state index in [0.717, 1.165) is 32.4 Å². The molecule has 1 aromatic carbocycles. The van der Waals surface area contributed by atoms with Gasteiger partial charge in [0.05, 0.1) is 11.9 Å². The summed E-state index contributed by atoms with van der Waals surface area (Å²) >= 11 is 0. The summed E-state index contributed by atoms with van der Waals surface area (Å²) in [6, 6.07) is 7.86. The Morgan fingerprint density at radius 3 is 2.52 bits per heavy atom. The zero-order valence-corrected chi connectivity index (χ0v) is 15.4. The zero-order chi connectivity index (χ0) is 19.4. The maximum absolute atomic E-state index is 12.2. The number of carboxylic acid groups (broad SMARTS) is 1. The highest BCUT2D eigenvalue weighted by Crippen LogP contribution is 2.21. The molecule has 8 nitrogen and oxygen atoms in total. The summed E-state index contributed by atoms with van der Waals surface area (Å²) in [7, 11) is 0. The van der Waals surface area contributed by atoms with Crippen LogP contribution in [0.2, 0.25) is 0 Å².